The molecule has 32 heavy (non-hydrogen) atoms. The first kappa shape index (κ1) is 29.1. The van der Waals surface area contributed by atoms with Crippen LogP contribution in [0.4, 0.5) is 9.59 Å². The highest BCUT2D eigenvalue weighted by Crippen LogP contribution is 2.06. The maximum absolute atomic E-state index is 11.8. The average Bonchev–Trinajstić information content (AvgIpc) is 2.72. The zero-order valence-electron chi connectivity index (χ0n) is 18.4. The first-order valence-electron chi connectivity index (χ1n) is 9.83. The van der Waals surface area contributed by atoms with Crippen LogP contribution >= 0.6 is 9.24 Å². The quantitative estimate of drug-likeness (QED) is 0.119. The molecule has 0 aliphatic rings. The number of carbonyl (C=O) groups is 5. The molecule has 0 radical (unpaired) electrons. The standard InChI is InChI=1S/C20H31N2O9P/c1-13(2)16(23)28-9-11-30-19(26)21-8-6-5-7-15(18(25)32)22-20(27)31-12-10-29-17(24)14(3)4/h15H,1,3,5-12,32H2,2,4H3,(H,21,26)(H,22,27)/t15-/m0/s1. The van der Waals surface area contributed by atoms with E-state index >= 15 is 0 Å². The van der Waals surface area contributed by atoms with Crippen LogP contribution in [0.5, 0.6) is 0 Å². The second kappa shape index (κ2) is 16.7. The topological polar surface area (TPSA) is 146 Å². The van der Waals surface area contributed by atoms with Crippen molar-refractivity contribution in [3.8, 4) is 0 Å². The van der Waals surface area contributed by atoms with Gasteiger partial charge in [-0.25, -0.2) is 19.2 Å². The van der Waals surface area contributed by atoms with Crippen molar-refractivity contribution in [1.82, 2.24) is 10.6 Å². The van der Waals surface area contributed by atoms with Crippen LogP contribution in [-0.4, -0.2) is 68.7 Å². The molecule has 1 unspecified atom stereocenters. The first-order chi connectivity index (χ1) is 15.0. The van der Waals surface area contributed by atoms with Gasteiger partial charge in [-0.1, -0.05) is 22.4 Å². The fraction of sp³-hybridized carbons (Fsp3) is 0.550. The predicted octanol–water partition coefficient (Wildman–Crippen LogP) is 1.62. The molecular weight excluding hydrogens is 443 g/mol. The number of nitrogens with one attached hydrogen (secondary N) is 2. The Morgan fingerprint density at radius 3 is 1.72 bits per heavy atom. The Balaban J connectivity index is 3.95. The molecule has 0 aliphatic heterocycles. The summed E-state index contributed by atoms with van der Waals surface area (Å²) in [4.78, 5) is 57.3. The number of alkyl carbamates (subject to hydrolysis) is 2. The summed E-state index contributed by atoms with van der Waals surface area (Å²) in [6, 6.07) is -0.777. The third kappa shape index (κ3) is 15.0. The van der Waals surface area contributed by atoms with E-state index in [0.29, 0.717) is 25.8 Å². The molecule has 0 aliphatic carbocycles. The Bertz CT molecular complexity index is 709. The molecule has 0 saturated heterocycles. The zero-order chi connectivity index (χ0) is 24.5. The molecule has 0 rings (SSSR count). The number of amides is 2. The highest BCUT2D eigenvalue weighted by molar-refractivity contribution is 7.40. The minimum Gasteiger partial charge on any atom is -0.459 e. The van der Waals surface area contributed by atoms with Crippen molar-refractivity contribution < 1.29 is 42.9 Å². The zero-order valence-corrected chi connectivity index (χ0v) is 19.6. The van der Waals surface area contributed by atoms with E-state index in [-0.39, 0.29) is 43.1 Å². The molecule has 0 saturated carbocycles. The lowest BCUT2D eigenvalue weighted by Gasteiger charge is -2.16. The van der Waals surface area contributed by atoms with Crippen LogP contribution in [0, 0.1) is 0 Å². The van der Waals surface area contributed by atoms with Crippen molar-refractivity contribution >= 4 is 38.9 Å². The van der Waals surface area contributed by atoms with Gasteiger partial charge in [0, 0.05) is 17.7 Å². The molecule has 12 heteroatoms. The number of hydrogen-bond acceptors (Lipinski definition) is 9. The van der Waals surface area contributed by atoms with E-state index in [1.165, 1.54) is 13.8 Å². The van der Waals surface area contributed by atoms with Crippen LogP contribution < -0.4 is 10.6 Å². The van der Waals surface area contributed by atoms with Gasteiger partial charge in [0.1, 0.15) is 26.4 Å². The molecule has 11 nitrogen and oxygen atoms in total. The maximum atomic E-state index is 11.8. The first-order valence-corrected chi connectivity index (χ1v) is 10.4. The minimum absolute atomic E-state index is 0.0742. The van der Waals surface area contributed by atoms with Gasteiger partial charge in [-0.05, 0) is 33.1 Å². The number of hydrogen-bond donors (Lipinski definition) is 2. The van der Waals surface area contributed by atoms with Crippen LogP contribution in [0.3, 0.4) is 0 Å². The summed E-state index contributed by atoms with van der Waals surface area (Å²) in [5, 5.41) is 4.95. The third-order valence-electron chi connectivity index (χ3n) is 3.62. The molecule has 2 N–H and O–H groups in total. The van der Waals surface area contributed by atoms with Crippen LogP contribution in [-0.2, 0) is 33.3 Å². The van der Waals surface area contributed by atoms with Crippen LogP contribution in [0.2, 0.25) is 0 Å². The Kier molecular flexibility index (Phi) is 15.2. The van der Waals surface area contributed by atoms with Crippen molar-refractivity contribution in [1.29, 1.82) is 0 Å². The smallest absolute Gasteiger partial charge is 0.407 e. The SMILES string of the molecule is C=C(C)C(=O)OCCOC(=O)NCCCC[C@H](NC(=O)OCCOC(=O)C(=C)C)C(=O)P. The van der Waals surface area contributed by atoms with Crippen molar-refractivity contribution in [2.45, 2.75) is 39.2 Å². The van der Waals surface area contributed by atoms with Crippen molar-refractivity contribution in [3.63, 3.8) is 0 Å². The molecule has 2 amide bonds. The van der Waals surface area contributed by atoms with Crippen molar-refractivity contribution in [2.24, 2.45) is 0 Å². The van der Waals surface area contributed by atoms with Gasteiger partial charge in [0.05, 0.1) is 6.04 Å². The number of unbranched alkanes of at least 4 members (excludes halogenated alkanes) is 1. The van der Waals surface area contributed by atoms with Gasteiger partial charge in [-0.3, -0.25) is 4.79 Å². The van der Waals surface area contributed by atoms with Gasteiger partial charge in [-0.2, -0.15) is 0 Å². The Morgan fingerprint density at radius 2 is 1.25 bits per heavy atom. The van der Waals surface area contributed by atoms with Crippen molar-refractivity contribution in [2.75, 3.05) is 33.0 Å². The summed E-state index contributed by atoms with van der Waals surface area (Å²) in [6.45, 7) is 9.69. The summed E-state index contributed by atoms with van der Waals surface area (Å²) < 4.78 is 19.3. The second-order valence-corrected chi connectivity index (χ2v) is 7.20. The molecule has 0 bridgehead atoms. The van der Waals surface area contributed by atoms with Gasteiger partial charge in [0.2, 0.25) is 0 Å². The molecule has 0 fully saturated rings. The van der Waals surface area contributed by atoms with E-state index in [1.54, 1.807) is 0 Å². The third-order valence-corrected chi connectivity index (χ3v) is 4.02. The highest BCUT2D eigenvalue weighted by Gasteiger charge is 2.18. The lowest BCUT2D eigenvalue weighted by atomic mass is 10.1. The summed E-state index contributed by atoms with van der Waals surface area (Å²) in [5.41, 5.74) is 0.158. The van der Waals surface area contributed by atoms with Gasteiger partial charge in [0.25, 0.3) is 0 Å². The monoisotopic (exact) mass is 474 g/mol. The molecule has 0 heterocycles. The van der Waals surface area contributed by atoms with Crippen LogP contribution in [0.15, 0.2) is 24.3 Å². The molecule has 0 aromatic carbocycles. The highest BCUT2D eigenvalue weighted by atomic mass is 31.0. The number of rotatable bonds is 15. The van der Waals surface area contributed by atoms with E-state index in [4.69, 9.17) is 18.9 Å². The van der Waals surface area contributed by atoms with E-state index < -0.39 is 30.2 Å². The molecule has 0 aromatic heterocycles. The predicted molar refractivity (Wildman–Crippen MR) is 118 cm³/mol. The van der Waals surface area contributed by atoms with E-state index in [2.05, 4.69) is 23.8 Å². The molecule has 2 atom stereocenters. The number of carbonyl (C=O) groups excluding carboxylic acids is 5. The average molecular weight is 474 g/mol. The number of ether oxygens (including phenoxy) is 4. The lowest BCUT2D eigenvalue weighted by molar-refractivity contribution is -0.140. The van der Waals surface area contributed by atoms with Crippen LogP contribution in [0.1, 0.15) is 33.1 Å². The fourth-order valence-corrected chi connectivity index (χ4v) is 2.22. The Hall–Kier alpha value is -2.94. The fourth-order valence-electron chi connectivity index (χ4n) is 1.97. The van der Waals surface area contributed by atoms with E-state index in [1.807, 2.05) is 9.24 Å². The van der Waals surface area contributed by atoms with Gasteiger partial charge >= 0.3 is 24.1 Å². The van der Waals surface area contributed by atoms with E-state index in [9.17, 15) is 24.0 Å². The summed E-state index contributed by atoms with van der Waals surface area (Å²) in [6.07, 6.45) is -0.0924. The summed E-state index contributed by atoms with van der Waals surface area (Å²) >= 11 is 0. The molecule has 0 aromatic rings. The van der Waals surface area contributed by atoms with Gasteiger partial charge in [0.15, 0.2) is 5.52 Å². The lowest BCUT2D eigenvalue weighted by Crippen LogP contribution is -2.39. The van der Waals surface area contributed by atoms with Crippen LogP contribution in [0.25, 0.3) is 0 Å². The van der Waals surface area contributed by atoms with Gasteiger partial charge in [-0.15, -0.1) is 0 Å². The molecule has 0 spiro atoms. The maximum Gasteiger partial charge on any atom is 0.407 e. The molecule has 180 valence electrons. The minimum atomic E-state index is -0.814. The Labute approximate surface area is 189 Å². The van der Waals surface area contributed by atoms with Gasteiger partial charge < -0.3 is 29.6 Å². The summed E-state index contributed by atoms with van der Waals surface area (Å²) in [5.74, 6) is -1.15. The Morgan fingerprint density at radius 1 is 0.781 bits per heavy atom. The molecular formula is C20H31N2O9P. The number of esters is 2. The largest absolute Gasteiger partial charge is 0.459 e. The van der Waals surface area contributed by atoms with Crippen molar-refractivity contribution in [3.05, 3.63) is 24.3 Å². The second-order valence-electron chi connectivity index (χ2n) is 6.63. The van der Waals surface area contributed by atoms with E-state index in [0.717, 1.165) is 0 Å². The normalized spacial score (nSPS) is 10.8. The summed E-state index contributed by atoms with van der Waals surface area (Å²) in [7, 11) is 2.00.